The van der Waals surface area contributed by atoms with Crippen molar-refractivity contribution in [3.8, 4) is 11.1 Å². The number of pyridine rings is 1. The fourth-order valence-electron chi connectivity index (χ4n) is 11.0. The number of carbonyl (C=O) groups excluding carboxylic acids is 5. The van der Waals surface area contributed by atoms with Crippen LogP contribution < -0.4 is 26.6 Å². The highest BCUT2D eigenvalue weighted by Gasteiger charge is 2.42. The van der Waals surface area contributed by atoms with E-state index < -0.39 is 11.1 Å². The zero-order valence-electron chi connectivity index (χ0n) is 46.0. The van der Waals surface area contributed by atoms with Crippen molar-refractivity contribution in [3.05, 3.63) is 101 Å². The Balaban J connectivity index is 0.683. The Hall–Kier alpha value is -6.75. The number of aromatic amines is 1. The first-order valence-corrected chi connectivity index (χ1v) is 28.4. The monoisotopic (exact) mass is 1120 g/mol. The quantitative estimate of drug-likeness (QED) is 0.0383. The number of nitrogens with zero attached hydrogens (tertiary/aromatic N) is 8. The average molecular weight is 1120 g/mol. The molecule has 80 heavy (non-hydrogen) atoms. The minimum atomic E-state index is -1.03. The van der Waals surface area contributed by atoms with E-state index in [9.17, 15) is 24.0 Å². The molecule has 4 saturated heterocycles. The van der Waals surface area contributed by atoms with Gasteiger partial charge in [0.05, 0.1) is 68.7 Å². The topological polar surface area (TPSA) is 246 Å². The van der Waals surface area contributed by atoms with Gasteiger partial charge in [-0.3, -0.25) is 28.9 Å². The van der Waals surface area contributed by atoms with Crippen molar-refractivity contribution in [2.45, 2.75) is 69.0 Å². The molecule has 5 amide bonds. The predicted molar refractivity (Wildman–Crippen MR) is 305 cm³/mol. The summed E-state index contributed by atoms with van der Waals surface area (Å²) in [6, 6.07) is 19.4. The standard InChI is InChI=1S/C58H76ClN13O8/c1-3-41-5-4-6-44(31-41)45-33-49(67-57(37-80-38-57)36-70(40-73)35-42-12-19-68(2)51(75)32-42)52(63-34-45)55(76)62-18-28-79-30-29-78-27-14-50(74)71-25-23-69(24-26-71)20-13-48(43-7-9-46(59)10-8-43)66-56(77)58(60)15-21-72(22-16-58)54-47-11-17-61-53(47)64-39-65-54/h4-11,17,31,33-34,39-40,42,48,67H,3,12-16,18-30,32,35-38,60H2,1-2H3,(H,62,76)(H,66,77)(H,61,64,65). The molecule has 0 spiro atoms. The number of piperidine rings is 2. The summed E-state index contributed by atoms with van der Waals surface area (Å²) in [5.74, 6) is 0.450. The molecule has 428 valence electrons. The lowest BCUT2D eigenvalue weighted by molar-refractivity contribution is -0.135. The number of hydrogen-bond donors (Lipinski definition) is 5. The van der Waals surface area contributed by atoms with Gasteiger partial charge in [0.2, 0.25) is 24.1 Å². The maximum absolute atomic E-state index is 14.0. The molecule has 2 unspecified atom stereocenters. The minimum absolute atomic E-state index is 0.0308. The summed E-state index contributed by atoms with van der Waals surface area (Å²) >= 11 is 6.26. The molecule has 5 aromatic rings. The third-order valence-electron chi connectivity index (χ3n) is 16.0. The summed E-state index contributed by atoms with van der Waals surface area (Å²) in [4.78, 5) is 92.2. The van der Waals surface area contributed by atoms with Crippen molar-refractivity contribution in [1.29, 1.82) is 0 Å². The minimum Gasteiger partial charge on any atom is -0.379 e. The summed E-state index contributed by atoms with van der Waals surface area (Å²) in [5.41, 5.74) is 10.6. The van der Waals surface area contributed by atoms with E-state index in [1.807, 2.05) is 59.6 Å². The number of halogens is 1. The zero-order chi connectivity index (χ0) is 56.1. The lowest BCUT2D eigenvalue weighted by atomic mass is 9.87. The van der Waals surface area contributed by atoms with Crippen LogP contribution in [0.5, 0.6) is 0 Å². The maximum atomic E-state index is 14.0. The van der Waals surface area contributed by atoms with E-state index in [4.69, 9.17) is 31.5 Å². The van der Waals surface area contributed by atoms with Crippen molar-refractivity contribution in [3.63, 3.8) is 0 Å². The highest BCUT2D eigenvalue weighted by molar-refractivity contribution is 6.30. The van der Waals surface area contributed by atoms with Gasteiger partial charge in [0.1, 0.15) is 23.3 Å². The first-order chi connectivity index (χ1) is 38.8. The van der Waals surface area contributed by atoms with Crippen molar-refractivity contribution in [2.75, 3.05) is 129 Å². The molecule has 9 rings (SSSR count). The molecular weight excluding hydrogens is 1040 g/mol. The van der Waals surface area contributed by atoms with Gasteiger partial charge in [-0.05, 0) is 79.0 Å². The Morgan fingerprint density at radius 3 is 2.45 bits per heavy atom. The molecule has 21 nitrogen and oxygen atoms in total. The van der Waals surface area contributed by atoms with Gasteiger partial charge in [0.15, 0.2) is 5.69 Å². The summed E-state index contributed by atoms with van der Waals surface area (Å²) in [5, 5.41) is 11.4. The fourth-order valence-corrected chi connectivity index (χ4v) is 11.1. The van der Waals surface area contributed by atoms with Gasteiger partial charge in [-0.25, -0.2) is 15.0 Å². The van der Waals surface area contributed by atoms with Crippen molar-refractivity contribution >= 4 is 64.2 Å². The maximum Gasteiger partial charge on any atom is 0.272 e. The molecule has 2 atom stereocenters. The number of fused-ring (bicyclic) bond motifs is 1. The van der Waals surface area contributed by atoms with Crippen LogP contribution in [0.2, 0.25) is 5.02 Å². The number of nitrogens with one attached hydrogen (secondary N) is 4. The van der Waals surface area contributed by atoms with Crippen LogP contribution in [0.4, 0.5) is 11.5 Å². The SMILES string of the molecule is CCc1cccc(-c2cnc(C(=O)NCCOCCOCCC(=O)N3CCN(CCC(NC(=O)C4(N)CCN(c5ncnc6[nH]ccc56)CC4)c4ccc(Cl)cc4)CC3)c(NC3(CN(C=O)CC4CCN(C)C(=O)C4)COC3)c2)c1. The lowest BCUT2D eigenvalue weighted by Crippen LogP contribution is -2.62. The van der Waals surface area contributed by atoms with Gasteiger partial charge in [-0.1, -0.05) is 54.9 Å². The second-order valence-corrected chi connectivity index (χ2v) is 22.1. The van der Waals surface area contributed by atoms with Crippen LogP contribution in [0.25, 0.3) is 22.2 Å². The molecular formula is C58H76ClN13O8. The number of hydrogen-bond acceptors (Lipinski definition) is 15. The summed E-state index contributed by atoms with van der Waals surface area (Å²) in [7, 11) is 1.80. The number of carbonyl (C=O) groups is 5. The van der Waals surface area contributed by atoms with Crippen LogP contribution >= 0.6 is 11.6 Å². The number of benzene rings is 2. The van der Waals surface area contributed by atoms with Crippen molar-refractivity contribution in [2.24, 2.45) is 11.7 Å². The normalized spacial score (nSPS) is 18.6. The van der Waals surface area contributed by atoms with Crippen LogP contribution in [0.1, 0.15) is 73.1 Å². The molecule has 0 saturated carbocycles. The van der Waals surface area contributed by atoms with Gasteiger partial charge < -0.3 is 60.5 Å². The van der Waals surface area contributed by atoms with Gasteiger partial charge >= 0.3 is 0 Å². The van der Waals surface area contributed by atoms with Crippen LogP contribution in [-0.2, 0) is 39.8 Å². The van der Waals surface area contributed by atoms with Crippen LogP contribution in [-0.4, -0.2) is 199 Å². The first kappa shape index (κ1) is 57.9. The second kappa shape index (κ2) is 27.1. The van der Waals surface area contributed by atoms with E-state index >= 15 is 0 Å². The summed E-state index contributed by atoms with van der Waals surface area (Å²) in [6.07, 6.45) is 9.86. The van der Waals surface area contributed by atoms with Crippen LogP contribution in [0.15, 0.2) is 79.4 Å². The number of aromatic nitrogens is 4. The molecule has 7 heterocycles. The molecule has 4 aliphatic heterocycles. The Morgan fingerprint density at radius 2 is 1.73 bits per heavy atom. The lowest BCUT2D eigenvalue weighted by Gasteiger charge is -2.45. The number of ether oxygens (including phenoxy) is 3. The smallest absolute Gasteiger partial charge is 0.272 e. The Bertz CT molecular complexity index is 2910. The van der Waals surface area contributed by atoms with Gasteiger partial charge in [-0.15, -0.1) is 0 Å². The number of rotatable bonds is 26. The number of H-pyrrole nitrogens is 1. The molecule has 3 aromatic heterocycles. The predicted octanol–water partition coefficient (Wildman–Crippen LogP) is 4.29. The van der Waals surface area contributed by atoms with Crippen LogP contribution in [0, 0.1) is 5.92 Å². The number of anilines is 2. The molecule has 4 aliphatic rings. The largest absolute Gasteiger partial charge is 0.379 e. The summed E-state index contributed by atoms with van der Waals surface area (Å²) in [6.45, 7) is 9.96. The highest BCUT2D eigenvalue weighted by Crippen LogP contribution is 2.33. The number of piperazine rings is 1. The van der Waals surface area contributed by atoms with Crippen molar-refractivity contribution < 1.29 is 38.2 Å². The number of amides is 5. The zero-order valence-corrected chi connectivity index (χ0v) is 46.8. The molecule has 22 heteroatoms. The van der Waals surface area contributed by atoms with Gasteiger partial charge in [-0.2, -0.15) is 0 Å². The van der Waals surface area contributed by atoms with E-state index in [1.54, 1.807) is 29.4 Å². The third-order valence-corrected chi connectivity index (χ3v) is 16.2. The number of nitrogens with two attached hydrogens (primary N) is 1. The first-order valence-electron chi connectivity index (χ1n) is 28.0. The Labute approximate surface area is 472 Å². The summed E-state index contributed by atoms with van der Waals surface area (Å²) < 4.78 is 17.3. The Morgan fingerprint density at radius 1 is 0.950 bits per heavy atom. The third kappa shape index (κ3) is 14.8. The average Bonchev–Trinajstić information content (AvgIpc) is 3.98. The van der Waals surface area contributed by atoms with Crippen molar-refractivity contribution in [1.82, 2.24) is 50.2 Å². The molecule has 4 fully saturated rings. The highest BCUT2D eigenvalue weighted by atomic mass is 35.5. The van der Waals surface area contributed by atoms with E-state index in [0.717, 1.165) is 59.3 Å². The second-order valence-electron chi connectivity index (χ2n) is 21.7. The fraction of sp³-hybridized carbons (Fsp3) is 0.517. The molecule has 2 aromatic carbocycles. The number of likely N-dealkylation sites (tertiary alicyclic amines) is 1. The number of aryl methyl sites for hydroxylation is 1. The van der Waals surface area contributed by atoms with Gasteiger partial charge in [0.25, 0.3) is 5.91 Å². The molecule has 0 radical (unpaired) electrons. The van der Waals surface area contributed by atoms with E-state index in [2.05, 4.69) is 64.7 Å². The van der Waals surface area contributed by atoms with E-state index in [1.165, 1.54) is 5.56 Å². The van der Waals surface area contributed by atoms with Gasteiger partial charge in [0, 0.05) is 108 Å². The molecule has 6 N–H and O–H groups in total. The molecule has 0 aliphatic carbocycles. The molecule has 0 bridgehead atoms. The van der Waals surface area contributed by atoms with E-state index in [-0.39, 0.29) is 80.7 Å². The Kier molecular flexibility index (Phi) is 19.7. The van der Waals surface area contributed by atoms with E-state index in [0.29, 0.717) is 109 Å². The van der Waals surface area contributed by atoms with Crippen LogP contribution in [0.3, 0.4) is 0 Å².